The van der Waals surface area contributed by atoms with E-state index in [9.17, 15) is 19.8 Å². The van der Waals surface area contributed by atoms with Crippen molar-refractivity contribution in [3.8, 4) is 0 Å². The Bertz CT molecular complexity index is 1050. The summed E-state index contributed by atoms with van der Waals surface area (Å²) < 4.78 is 5.59. The molecule has 1 heterocycles. The molecule has 1 unspecified atom stereocenters. The first-order valence-electron chi connectivity index (χ1n) is 16.9. The summed E-state index contributed by atoms with van der Waals surface area (Å²) in [6.07, 6.45) is 9.36. The molecule has 1 aromatic carbocycles. The maximum atomic E-state index is 13.8. The van der Waals surface area contributed by atoms with Crippen molar-refractivity contribution >= 4 is 31.8 Å². The third-order valence-corrected chi connectivity index (χ3v) is 11.4. The lowest BCUT2D eigenvalue weighted by Gasteiger charge is -2.43. The SMILES string of the molecule is C[C@H](O)CCC[C@@](O)(c1cccc(Cl)c1)[C@@H]1CCCN(C(=O)NC(CC2CCCCC2)CN(C)C(=O)OCC[Si](C)(C)C)C1. The fourth-order valence-electron chi connectivity index (χ4n) is 6.79. The molecule has 44 heavy (non-hydrogen) atoms. The van der Waals surface area contributed by atoms with Crippen molar-refractivity contribution < 1.29 is 24.5 Å². The van der Waals surface area contributed by atoms with E-state index in [1.807, 2.05) is 23.1 Å². The van der Waals surface area contributed by atoms with Gasteiger partial charge in [0.2, 0.25) is 0 Å². The quantitative estimate of drug-likeness (QED) is 0.184. The van der Waals surface area contributed by atoms with Gasteiger partial charge in [0.1, 0.15) is 0 Å². The predicted molar refractivity (Wildman–Crippen MR) is 181 cm³/mol. The molecule has 0 spiro atoms. The van der Waals surface area contributed by atoms with E-state index < -0.39 is 19.8 Å². The number of carbonyl (C=O) groups is 2. The van der Waals surface area contributed by atoms with Crippen molar-refractivity contribution in [2.45, 2.75) is 121 Å². The molecule has 2 fully saturated rings. The molecule has 3 rings (SSSR count). The Morgan fingerprint density at radius 2 is 1.91 bits per heavy atom. The van der Waals surface area contributed by atoms with Gasteiger partial charge in [-0.05, 0) is 75.1 Å². The molecule has 10 heteroatoms. The molecule has 1 saturated carbocycles. The average molecular weight is 652 g/mol. The number of halogens is 1. The summed E-state index contributed by atoms with van der Waals surface area (Å²) in [5, 5.41) is 25.9. The molecule has 8 nitrogen and oxygen atoms in total. The Kier molecular flexibility index (Phi) is 14.3. The Balaban J connectivity index is 1.70. The summed E-state index contributed by atoms with van der Waals surface area (Å²) >= 11 is 6.34. The van der Waals surface area contributed by atoms with Crippen LogP contribution in [0.15, 0.2) is 24.3 Å². The van der Waals surface area contributed by atoms with Crippen molar-refractivity contribution in [3.63, 3.8) is 0 Å². The minimum atomic E-state index is -1.31. The number of aliphatic hydroxyl groups excluding tert-OH is 1. The number of urea groups is 1. The van der Waals surface area contributed by atoms with E-state index in [0.717, 1.165) is 43.7 Å². The Morgan fingerprint density at radius 3 is 2.57 bits per heavy atom. The lowest BCUT2D eigenvalue weighted by atomic mass is 9.74. The van der Waals surface area contributed by atoms with Crippen molar-refractivity contribution in [2.75, 3.05) is 33.3 Å². The van der Waals surface area contributed by atoms with Crippen LogP contribution in [-0.4, -0.2) is 85.6 Å². The van der Waals surface area contributed by atoms with Gasteiger partial charge in [-0.3, -0.25) is 0 Å². The zero-order valence-electron chi connectivity index (χ0n) is 27.8. The average Bonchev–Trinajstić information content (AvgIpc) is 2.96. The van der Waals surface area contributed by atoms with Crippen LogP contribution in [0.4, 0.5) is 9.59 Å². The summed E-state index contributed by atoms with van der Waals surface area (Å²) in [5.41, 5.74) is -0.410. The van der Waals surface area contributed by atoms with Crippen LogP contribution in [0.1, 0.15) is 83.1 Å². The summed E-state index contributed by atoms with van der Waals surface area (Å²) in [7, 11) is 0.444. The highest BCUT2D eigenvalue weighted by molar-refractivity contribution is 6.76. The first-order valence-corrected chi connectivity index (χ1v) is 20.9. The van der Waals surface area contributed by atoms with Gasteiger partial charge in [-0.1, -0.05) is 75.5 Å². The third-order valence-electron chi connectivity index (χ3n) is 9.44. The van der Waals surface area contributed by atoms with Crippen LogP contribution in [0, 0.1) is 11.8 Å². The van der Waals surface area contributed by atoms with Crippen LogP contribution in [0.25, 0.3) is 0 Å². The number of hydrogen-bond acceptors (Lipinski definition) is 5. The van der Waals surface area contributed by atoms with Gasteiger partial charge in [0.05, 0.1) is 18.3 Å². The van der Waals surface area contributed by atoms with Gasteiger partial charge in [0.25, 0.3) is 0 Å². The van der Waals surface area contributed by atoms with Gasteiger partial charge in [-0.25, -0.2) is 9.59 Å². The molecule has 0 aromatic heterocycles. The molecule has 250 valence electrons. The molecule has 3 N–H and O–H groups in total. The molecule has 0 bridgehead atoms. The van der Waals surface area contributed by atoms with E-state index in [1.165, 1.54) is 19.3 Å². The van der Waals surface area contributed by atoms with E-state index >= 15 is 0 Å². The summed E-state index contributed by atoms with van der Waals surface area (Å²) in [6.45, 7) is 10.4. The van der Waals surface area contributed by atoms with Crippen molar-refractivity contribution in [1.82, 2.24) is 15.1 Å². The van der Waals surface area contributed by atoms with Gasteiger partial charge in [0.15, 0.2) is 0 Å². The molecular weight excluding hydrogens is 594 g/mol. The number of ether oxygens (including phenoxy) is 1. The highest BCUT2D eigenvalue weighted by atomic mass is 35.5. The first kappa shape index (κ1) is 36.7. The third kappa shape index (κ3) is 11.8. The minimum Gasteiger partial charge on any atom is -0.450 e. The van der Waals surface area contributed by atoms with Crippen molar-refractivity contribution in [1.29, 1.82) is 0 Å². The smallest absolute Gasteiger partial charge is 0.409 e. The zero-order chi connectivity index (χ0) is 32.3. The van der Waals surface area contributed by atoms with Crippen LogP contribution in [0.3, 0.4) is 0 Å². The molecule has 1 aliphatic carbocycles. The summed E-state index contributed by atoms with van der Waals surface area (Å²) in [6, 6.07) is 7.98. The number of benzene rings is 1. The van der Waals surface area contributed by atoms with Crippen LogP contribution in [0.2, 0.25) is 30.7 Å². The highest BCUT2D eigenvalue weighted by Gasteiger charge is 2.41. The molecule has 2 aliphatic rings. The van der Waals surface area contributed by atoms with E-state index in [4.69, 9.17) is 16.3 Å². The van der Waals surface area contributed by atoms with Crippen LogP contribution >= 0.6 is 11.6 Å². The molecule has 1 saturated heterocycles. The molecule has 1 aliphatic heterocycles. The molecule has 4 atom stereocenters. The van der Waals surface area contributed by atoms with Gasteiger partial charge in [-0.15, -0.1) is 0 Å². The van der Waals surface area contributed by atoms with Crippen LogP contribution in [-0.2, 0) is 10.3 Å². The van der Waals surface area contributed by atoms with E-state index in [0.29, 0.717) is 56.4 Å². The normalized spacial score (nSPS) is 20.8. The minimum absolute atomic E-state index is 0.145. The highest BCUT2D eigenvalue weighted by Crippen LogP contribution is 2.40. The number of hydrogen-bond donors (Lipinski definition) is 3. The number of likely N-dealkylation sites (N-methyl/N-ethyl adjacent to an activating group) is 1. The van der Waals surface area contributed by atoms with Crippen molar-refractivity contribution in [2.24, 2.45) is 11.8 Å². The molecule has 0 radical (unpaired) electrons. The number of aliphatic hydroxyl groups is 2. The van der Waals surface area contributed by atoms with Gasteiger partial charge in [0, 0.05) is 51.7 Å². The van der Waals surface area contributed by atoms with Gasteiger partial charge < -0.3 is 30.1 Å². The topological polar surface area (TPSA) is 102 Å². The van der Waals surface area contributed by atoms with Gasteiger partial charge in [-0.2, -0.15) is 0 Å². The van der Waals surface area contributed by atoms with Gasteiger partial charge >= 0.3 is 12.1 Å². The Hall–Kier alpha value is -1.81. The second kappa shape index (κ2) is 17.2. The lowest BCUT2D eigenvalue weighted by molar-refractivity contribution is -0.0570. The van der Waals surface area contributed by atoms with E-state index in [1.54, 1.807) is 24.9 Å². The first-order chi connectivity index (χ1) is 20.8. The maximum Gasteiger partial charge on any atom is 0.409 e. The number of likely N-dealkylation sites (tertiary alicyclic amines) is 1. The lowest BCUT2D eigenvalue weighted by Crippen LogP contribution is -2.54. The molecular formula is C34H58ClN3O5Si. The van der Waals surface area contributed by atoms with E-state index in [-0.39, 0.29) is 24.1 Å². The largest absolute Gasteiger partial charge is 0.450 e. The Morgan fingerprint density at radius 1 is 1.18 bits per heavy atom. The van der Waals surface area contributed by atoms with Crippen molar-refractivity contribution in [3.05, 3.63) is 34.9 Å². The predicted octanol–water partition coefficient (Wildman–Crippen LogP) is 7.25. The second-order valence-corrected chi connectivity index (χ2v) is 20.7. The van der Waals surface area contributed by atoms with Crippen LogP contribution in [0.5, 0.6) is 0 Å². The zero-order valence-corrected chi connectivity index (χ0v) is 29.6. The van der Waals surface area contributed by atoms with Crippen LogP contribution < -0.4 is 5.32 Å². The number of carbonyl (C=O) groups excluding carboxylic acids is 2. The standard InChI is InChI=1S/C34H58ClN3O5Si/c1-26(39)12-10-18-34(42,28-15-9-17-30(35)23-28)29-16-11-19-38(24-29)32(40)36-31(22-27-13-7-6-8-14-27)25-37(2)33(41)43-20-21-44(3,4)5/h9,15,17,23,26-27,29,31,39,42H,6-8,10-14,16,18-22,24-25H2,1-5H3,(H,36,40)/t26-,29+,31?,34+/m0/s1. The summed E-state index contributed by atoms with van der Waals surface area (Å²) in [5.74, 6) is 0.358. The molecule has 1 aromatic rings. The molecule has 3 amide bonds. The number of amides is 3. The maximum absolute atomic E-state index is 13.8. The summed E-state index contributed by atoms with van der Waals surface area (Å²) in [4.78, 5) is 30.1. The number of rotatable bonds is 14. The fraction of sp³-hybridized carbons (Fsp3) is 0.765. The Labute approximate surface area is 271 Å². The second-order valence-electron chi connectivity index (χ2n) is 14.7. The number of nitrogens with zero attached hydrogens (tertiary/aromatic N) is 2. The fourth-order valence-corrected chi connectivity index (χ4v) is 7.70. The number of nitrogens with one attached hydrogen (secondary N) is 1. The number of piperidine rings is 1. The van der Waals surface area contributed by atoms with E-state index in [2.05, 4.69) is 25.0 Å². The monoisotopic (exact) mass is 651 g/mol.